The van der Waals surface area contributed by atoms with E-state index >= 15 is 0 Å². The van der Waals surface area contributed by atoms with E-state index in [2.05, 4.69) is 43.1 Å². The molecule has 2 aliphatic rings. The van der Waals surface area contributed by atoms with Crippen molar-refractivity contribution in [1.82, 2.24) is 15.1 Å². The molecule has 1 N–H and O–H groups in total. The van der Waals surface area contributed by atoms with E-state index in [4.69, 9.17) is 14.5 Å². The summed E-state index contributed by atoms with van der Waals surface area (Å²) in [6.07, 6.45) is 1.93. The highest BCUT2D eigenvalue weighted by molar-refractivity contribution is 14.0. The van der Waals surface area contributed by atoms with Crippen molar-refractivity contribution in [3.63, 3.8) is 0 Å². The van der Waals surface area contributed by atoms with Crippen LogP contribution in [0.1, 0.15) is 38.4 Å². The van der Waals surface area contributed by atoms with Crippen LogP contribution < -0.4 is 5.32 Å². The van der Waals surface area contributed by atoms with Gasteiger partial charge in [-0.05, 0) is 58.5 Å². The fourth-order valence-electron chi connectivity index (χ4n) is 4.13. The second-order valence-electron chi connectivity index (χ2n) is 8.29. The number of hydrogen-bond donors (Lipinski definition) is 1. The first-order valence-electron chi connectivity index (χ1n) is 10.6. The maximum absolute atomic E-state index is 13.3. The van der Waals surface area contributed by atoms with Crippen LogP contribution in [0.25, 0.3) is 0 Å². The van der Waals surface area contributed by atoms with Gasteiger partial charge in [0.05, 0.1) is 19.2 Å². The van der Waals surface area contributed by atoms with Crippen LogP contribution in [-0.2, 0) is 9.47 Å². The molecule has 30 heavy (non-hydrogen) atoms. The number of aliphatic imine (C=N–C) groups is 1. The highest BCUT2D eigenvalue weighted by atomic mass is 127. The van der Waals surface area contributed by atoms with Crippen molar-refractivity contribution >= 4 is 29.9 Å². The smallest absolute Gasteiger partial charge is 0.194 e. The molecule has 0 bridgehead atoms. The molecule has 8 heteroatoms. The lowest BCUT2D eigenvalue weighted by atomic mass is 9.89. The van der Waals surface area contributed by atoms with E-state index in [1.54, 1.807) is 0 Å². The van der Waals surface area contributed by atoms with Crippen LogP contribution in [0.2, 0.25) is 0 Å². The van der Waals surface area contributed by atoms with Gasteiger partial charge in [-0.3, -0.25) is 4.99 Å². The SMILES string of the molecule is CCNC(=NCC1(N(C)C)CCOCC1)N1CC(C)OC(c2ccc(F)cc2)C1.I. The lowest BCUT2D eigenvalue weighted by molar-refractivity contribution is -0.0606. The zero-order chi connectivity index (χ0) is 20.9. The predicted octanol–water partition coefficient (Wildman–Crippen LogP) is 3.28. The van der Waals surface area contributed by atoms with E-state index in [9.17, 15) is 4.39 Å². The van der Waals surface area contributed by atoms with Crippen molar-refractivity contribution in [2.24, 2.45) is 4.99 Å². The molecule has 3 rings (SSSR count). The monoisotopic (exact) mass is 534 g/mol. The second kappa shape index (κ2) is 11.6. The lowest BCUT2D eigenvalue weighted by Crippen LogP contribution is -2.53. The molecule has 2 atom stereocenters. The van der Waals surface area contributed by atoms with E-state index in [0.29, 0.717) is 6.54 Å². The van der Waals surface area contributed by atoms with Crippen LogP contribution in [-0.4, -0.2) is 80.9 Å². The summed E-state index contributed by atoms with van der Waals surface area (Å²) in [5.41, 5.74) is 1.03. The van der Waals surface area contributed by atoms with Gasteiger partial charge in [-0.25, -0.2) is 4.39 Å². The van der Waals surface area contributed by atoms with Crippen molar-refractivity contribution in [3.05, 3.63) is 35.6 Å². The average molecular weight is 534 g/mol. The van der Waals surface area contributed by atoms with E-state index in [1.165, 1.54) is 12.1 Å². The zero-order valence-corrected chi connectivity index (χ0v) is 20.9. The summed E-state index contributed by atoms with van der Waals surface area (Å²) in [6, 6.07) is 6.61. The van der Waals surface area contributed by atoms with Gasteiger partial charge in [0.2, 0.25) is 0 Å². The Morgan fingerprint density at radius 1 is 1.23 bits per heavy atom. The molecule has 2 fully saturated rings. The zero-order valence-electron chi connectivity index (χ0n) is 18.6. The number of likely N-dealkylation sites (N-methyl/N-ethyl adjacent to an activating group) is 1. The summed E-state index contributed by atoms with van der Waals surface area (Å²) in [4.78, 5) is 9.62. The molecule has 0 amide bonds. The van der Waals surface area contributed by atoms with E-state index < -0.39 is 0 Å². The predicted molar refractivity (Wildman–Crippen MR) is 129 cm³/mol. The minimum atomic E-state index is -0.227. The molecule has 0 spiro atoms. The molecule has 0 aliphatic carbocycles. The molecular formula is C22H36FIN4O2. The lowest BCUT2D eigenvalue weighted by Gasteiger charge is -2.43. The molecule has 0 aromatic heterocycles. The molecular weight excluding hydrogens is 498 g/mol. The fourth-order valence-corrected chi connectivity index (χ4v) is 4.13. The minimum Gasteiger partial charge on any atom is -0.381 e. The van der Waals surface area contributed by atoms with Crippen LogP contribution in [0.4, 0.5) is 4.39 Å². The highest BCUT2D eigenvalue weighted by Gasteiger charge is 2.35. The number of hydrogen-bond acceptors (Lipinski definition) is 4. The standard InChI is InChI=1S/C22H35FN4O2.HI/c1-5-24-21(25-16-22(26(3)4)10-12-28-13-11-22)27-14-17(2)29-20(15-27)18-6-8-19(23)9-7-18;/h6-9,17,20H,5,10-16H2,1-4H3,(H,24,25);1H. The Morgan fingerprint density at radius 3 is 2.50 bits per heavy atom. The number of nitrogens with zero attached hydrogens (tertiary/aromatic N) is 3. The molecule has 2 heterocycles. The summed E-state index contributed by atoms with van der Waals surface area (Å²) in [6.45, 7) is 8.75. The quantitative estimate of drug-likeness (QED) is 0.357. The van der Waals surface area contributed by atoms with E-state index in [1.807, 2.05) is 12.1 Å². The van der Waals surface area contributed by atoms with Crippen LogP contribution in [0.15, 0.2) is 29.3 Å². The van der Waals surface area contributed by atoms with Crippen LogP contribution in [0, 0.1) is 5.82 Å². The van der Waals surface area contributed by atoms with Crippen molar-refractivity contribution < 1.29 is 13.9 Å². The number of ether oxygens (including phenoxy) is 2. The Labute approximate surface area is 197 Å². The molecule has 2 aliphatic heterocycles. The summed E-state index contributed by atoms with van der Waals surface area (Å²) in [5, 5.41) is 3.46. The molecule has 2 unspecified atom stereocenters. The molecule has 0 radical (unpaired) electrons. The van der Waals surface area contributed by atoms with Gasteiger partial charge in [0.25, 0.3) is 0 Å². The topological polar surface area (TPSA) is 49.3 Å². The normalized spacial score (nSPS) is 24.5. The van der Waals surface area contributed by atoms with Crippen LogP contribution in [0.5, 0.6) is 0 Å². The first-order chi connectivity index (χ1) is 13.9. The van der Waals surface area contributed by atoms with Crippen molar-refractivity contribution in [2.45, 2.75) is 44.4 Å². The Balaban J connectivity index is 0.00000320. The van der Waals surface area contributed by atoms with Gasteiger partial charge < -0.3 is 24.6 Å². The Bertz CT molecular complexity index is 680. The molecule has 0 saturated carbocycles. The number of guanidine groups is 1. The Hall–Kier alpha value is -0.970. The maximum atomic E-state index is 13.3. The Kier molecular flexibility index (Phi) is 9.77. The van der Waals surface area contributed by atoms with E-state index in [-0.39, 0.29) is 47.5 Å². The third-order valence-electron chi connectivity index (χ3n) is 6.03. The van der Waals surface area contributed by atoms with Gasteiger partial charge in [-0.1, -0.05) is 12.1 Å². The first-order valence-corrected chi connectivity index (χ1v) is 10.6. The highest BCUT2D eigenvalue weighted by Crippen LogP contribution is 2.28. The molecule has 1 aromatic rings. The number of benzene rings is 1. The minimum absolute atomic E-state index is 0. The number of nitrogens with one attached hydrogen (secondary N) is 1. The van der Waals surface area contributed by atoms with Gasteiger partial charge in [-0.2, -0.15) is 0 Å². The third-order valence-corrected chi connectivity index (χ3v) is 6.03. The van der Waals surface area contributed by atoms with Gasteiger partial charge in [-0.15, -0.1) is 24.0 Å². The Morgan fingerprint density at radius 2 is 1.90 bits per heavy atom. The third kappa shape index (κ3) is 6.27. The molecule has 1 aromatic carbocycles. The average Bonchev–Trinajstić information content (AvgIpc) is 2.71. The van der Waals surface area contributed by atoms with Gasteiger partial charge in [0.1, 0.15) is 11.9 Å². The van der Waals surface area contributed by atoms with Crippen molar-refractivity contribution in [2.75, 3.05) is 53.5 Å². The summed E-state index contributed by atoms with van der Waals surface area (Å²) in [7, 11) is 4.27. The molecule has 2 saturated heterocycles. The molecule has 170 valence electrons. The van der Waals surface area contributed by atoms with Gasteiger partial charge >= 0.3 is 0 Å². The first kappa shape index (κ1) is 25.3. The van der Waals surface area contributed by atoms with Crippen LogP contribution >= 0.6 is 24.0 Å². The molecule has 6 nitrogen and oxygen atoms in total. The second-order valence-corrected chi connectivity index (χ2v) is 8.29. The summed E-state index contributed by atoms with van der Waals surface area (Å²) >= 11 is 0. The largest absolute Gasteiger partial charge is 0.381 e. The number of rotatable bonds is 5. The van der Waals surface area contributed by atoms with Crippen molar-refractivity contribution in [1.29, 1.82) is 0 Å². The maximum Gasteiger partial charge on any atom is 0.194 e. The summed E-state index contributed by atoms with van der Waals surface area (Å²) < 4.78 is 25.1. The van der Waals surface area contributed by atoms with Gasteiger partial charge in [0, 0.05) is 31.8 Å². The van der Waals surface area contributed by atoms with Crippen molar-refractivity contribution in [3.8, 4) is 0 Å². The number of halogens is 2. The van der Waals surface area contributed by atoms with E-state index in [0.717, 1.165) is 57.2 Å². The fraction of sp³-hybridized carbons (Fsp3) is 0.682. The summed E-state index contributed by atoms with van der Waals surface area (Å²) in [5.74, 6) is 0.692. The van der Waals surface area contributed by atoms with Gasteiger partial charge in [0.15, 0.2) is 5.96 Å². The number of morpholine rings is 1. The van der Waals surface area contributed by atoms with Crippen LogP contribution in [0.3, 0.4) is 0 Å².